The van der Waals surface area contributed by atoms with Crippen LogP contribution in [0.25, 0.3) is 0 Å². The second-order valence-electron chi connectivity index (χ2n) is 6.79. The van der Waals surface area contributed by atoms with Crippen LogP contribution in [0.1, 0.15) is 63.0 Å². The fraction of sp³-hybridized carbons (Fsp3) is 0.700. The van der Waals surface area contributed by atoms with Crippen LogP contribution < -0.4 is 5.32 Å². The van der Waals surface area contributed by atoms with Crippen LogP contribution in [0.5, 0.6) is 0 Å². The van der Waals surface area contributed by atoms with Crippen LogP contribution in [0.4, 0.5) is 0 Å². The summed E-state index contributed by atoms with van der Waals surface area (Å²) in [5.41, 5.74) is 2.68. The van der Waals surface area contributed by atoms with Crippen LogP contribution in [0.3, 0.4) is 0 Å². The summed E-state index contributed by atoms with van der Waals surface area (Å²) in [7, 11) is 0. The van der Waals surface area contributed by atoms with Crippen molar-refractivity contribution in [3.63, 3.8) is 0 Å². The van der Waals surface area contributed by atoms with Crippen LogP contribution >= 0.6 is 0 Å². The molecule has 0 aromatic heterocycles. The fourth-order valence-electron chi connectivity index (χ4n) is 3.17. The highest BCUT2D eigenvalue weighted by Crippen LogP contribution is 2.15. The number of aliphatic hydroxyl groups excluding tert-OH is 1. The van der Waals surface area contributed by atoms with Crippen LogP contribution in [0.2, 0.25) is 0 Å². The van der Waals surface area contributed by atoms with Crippen LogP contribution in [-0.4, -0.2) is 30.4 Å². The molecule has 1 aromatic rings. The Balaban J connectivity index is 1.60. The third-order valence-corrected chi connectivity index (χ3v) is 4.73. The molecule has 1 heterocycles. The van der Waals surface area contributed by atoms with Gasteiger partial charge >= 0.3 is 0 Å². The van der Waals surface area contributed by atoms with Crippen LogP contribution in [0.15, 0.2) is 24.3 Å². The molecule has 0 spiro atoms. The molecule has 1 fully saturated rings. The van der Waals surface area contributed by atoms with Gasteiger partial charge in [0.05, 0.1) is 19.3 Å². The highest BCUT2D eigenvalue weighted by atomic mass is 16.5. The Labute approximate surface area is 141 Å². The summed E-state index contributed by atoms with van der Waals surface area (Å²) in [4.78, 5) is 0. The normalized spacial score (nSPS) is 21.0. The minimum Gasteiger partial charge on any atom is -0.395 e. The lowest BCUT2D eigenvalue weighted by Crippen LogP contribution is -2.24. The molecule has 2 atom stereocenters. The minimum absolute atomic E-state index is 0.201. The zero-order chi connectivity index (χ0) is 16.3. The lowest BCUT2D eigenvalue weighted by Gasteiger charge is -2.11. The number of hydrogen-bond acceptors (Lipinski definition) is 3. The number of ether oxygens (including phenoxy) is 1. The van der Waals surface area contributed by atoms with Gasteiger partial charge in [-0.1, -0.05) is 63.3 Å². The van der Waals surface area contributed by atoms with Gasteiger partial charge in [0.1, 0.15) is 0 Å². The summed E-state index contributed by atoms with van der Waals surface area (Å²) in [6, 6.07) is 9.08. The first-order valence-electron chi connectivity index (χ1n) is 9.35. The number of nitrogens with one attached hydrogen (secondary N) is 1. The molecule has 1 saturated heterocycles. The Morgan fingerprint density at radius 1 is 1.04 bits per heavy atom. The maximum atomic E-state index is 9.11. The monoisotopic (exact) mass is 319 g/mol. The Morgan fingerprint density at radius 3 is 2.43 bits per heavy atom. The molecule has 130 valence electrons. The van der Waals surface area contributed by atoms with Gasteiger partial charge in [0, 0.05) is 12.6 Å². The maximum Gasteiger partial charge on any atom is 0.0721 e. The third kappa shape index (κ3) is 7.03. The zero-order valence-electron chi connectivity index (χ0n) is 14.6. The van der Waals surface area contributed by atoms with Gasteiger partial charge in [-0.05, 0) is 30.4 Å². The summed E-state index contributed by atoms with van der Waals surface area (Å²) < 4.78 is 5.92. The molecule has 0 unspecified atom stereocenters. The molecule has 3 nitrogen and oxygen atoms in total. The van der Waals surface area contributed by atoms with E-state index in [2.05, 4.69) is 36.5 Å². The van der Waals surface area contributed by atoms with Gasteiger partial charge in [0.2, 0.25) is 0 Å². The predicted molar refractivity (Wildman–Crippen MR) is 95.6 cm³/mol. The van der Waals surface area contributed by atoms with E-state index in [1.165, 1.54) is 56.1 Å². The largest absolute Gasteiger partial charge is 0.395 e. The van der Waals surface area contributed by atoms with Gasteiger partial charge in [-0.15, -0.1) is 0 Å². The topological polar surface area (TPSA) is 41.5 Å². The average molecular weight is 319 g/mol. The quantitative estimate of drug-likeness (QED) is 0.609. The van der Waals surface area contributed by atoms with Gasteiger partial charge in [-0.25, -0.2) is 0 Å². The predicted octanol–water partition coefficient (Wildman–Crippen LogP) is 3.83. The number of aryl methyl sites for hydroxylation is 1. The summed E-state index contributed by atoms with van der Waals surface area (Å²) in [6.07, 6.45) is 10.5. The molecule has 1 aromatic carbocycles. The van der Waals surface area contributed by atoms with E-state index in [1.54, 1.807) is 0 Å². The standard InChI is InChI=1S/C20H33NO2/c1-2-3-4-5-6-7-8-17-9-11-18(12-10-17)16-23-20-13-19(15-22)21-14-20/h9-12,19-22H,2-8,13-16H2,1H3/t19-,20-/m0/s1. The first kappa shape index (κ1) is 18.4. The number of hydrogen-bond donors (Lipinski definition) is 2. The van der Waals surface area contributed by atoms with Crippen molar-refractivity contribution >= 4 is 0 Å². The van der Waals surface area contributed by atoms with Crippen molar-refractivity contribution in [2.45, 2.75) is 77.0 Å². The van der Waals surface area contributed by atoms with E-state index in [-0.39, 0.29) is 18.8 Å². The molecule has 0 radical (unpaired) electrons. The van der Waals surface area contributed by atoms with E-state index in [1.807, 2.05) is 0 Å². The summed E-state index contributed by atoms with van der Waals surface area (Å²) in [5, 5.41) is 12.4. The molecule has 0 saturated carbocycles. The highest BCUT2D eigenvalue weighted by molar-refractivity contribution is 5.22. The van der Waals surface area contributed by atoms with Crippen LogP contribution in [-0.2, 0) is 17.8 Å². The molecule has 0 amide bonds. The second-order valence-corrected chi connectivity index (χ2v) is 6.79. The smallest absolute Gasteiger partial charge is 0.0721 e. The second kappa shape index (κ2) is 10.8. The summed E-state index contributed by atoms with van der Waals surface area (Å²) in [6.45, 7) is 3.98. The average Bonchev–Trinajstić information content (AvgIpc) is 3.05. The van der Waals surface area contributed by atoms with Gasteiger partial charge < -0.3 is 15.2 Å². The first-order chi connectivity index (χ1) is 11.3. The number of rotatable bonds is 11. The van der Waals surface area contributed by atoms with Gasteiger partial charge in [0.15, 0.2) is 0 Å². The van der Waals surface area contributed by atoms with Crippen molar-refractivity contribution in [2.75, 3.05) is 13.2 Å². The SMILES string of the molecule is CCCCCCCCc1ccc(CO[C@@H]2CN[C@H](CO)C2)cc1. The molecule has 1 aliphatic rings. The van der Waals surface area contributed by atoms with Crippen LogP contribution in [0, 0.1) is 0 Å². The molecule has 0 aliphatic carbocycles. The third-order valence-electron chi connectivity index (χ3n) is 4.73. The van der Waals surface area contributed by atoms with Crippen molar-refractivity contribution in [1.29, 1.82) is 0 Å². The van der Waals surface area contributed by atoms with Gasteiger partial charge in [-0.3, -0.25) is 0 Å². The van der Waals surface area contributed by atoms with E-state index in [0.29, 0.717) is 6.61 Å². The van der Waals surface area contributed by atoms with E-state index < -0.39 is 0 Å². The molecule has 23 heavy (non-hydrogen) atoms. The number of aliphatic hydroxyl groups is 1. The lowest BCUT2D eigenvalue weighted by molar-refractivity contribution is 0.0512. The van der Waals surface area contributed by atoms with Gasteiger partial charge in [0.25, 0.3) is 0 Å². The molecule has 1 aliphatic heterocycles. The van der Waals surface area contributed by atoms with Crippen molar-refractivity contribution in [1.82, 2.24) is 5.32 Å². The van der Waals surface area contributed by atoms with E-state index in [4.69, 9.17) is 9.84 Å². The molecule has 3 heteroatoms. The summed E-state index contributed by atoms with van der Waals surface area (Å²) >= 11 is 0. The highest BCUT2D eigenvalue weighted by Gasteiger charge is 2.23. The van der Waals surface area contributed by atoms with E-state index in [9.17, 15) is 0 Å². The first-order valence-corrected chi connectivity index (χ1v) is 9.35. The zero-order valence-corrected chi connectivity index (χ0v) is 14.6. The fourth-order valence-corrected chi connectivity index (χ4v) is 3.17. The molecule has 2 N–H and O–H groups in total. The van der Waals surface area contributed by atoms with Crippen molar-refractivity contribution in [2.24, 2.45) is 0 Å². The molecular formula is C20H33NO2. The van der Waals surface area contributed by atoms with E-state index in [0.717, 1.165) is 13.0 Å². The molecular weight excluding hydrogens is 286 g/mol. The van der Waals surface area contributed by atoms with E-state index >= 15 is 0 Å². The molecule has 0 bridgehead atoms. The minimum atomic E-state index is 0.201. The number of benzene rings is 1. The summed E-state index contributed by atoms with van der Waals surface area (Å²) in [5.74, 6) is 0. The Hall–Kier alpha value is -0.900. The van der Waals surface area contributed by atoms with Gasteiger partial charge in [-0.2, -0.15) is 0 Å². The number of unbranched alkanes of at least 4 members (excludes halogenated alkanes) is 5. The lowest BCUT2D eigenvalue weighted by atomic mass is 10.0. The maximum absolute atomic E-state index is 9.11. The van der Waals surface area contributed by atoms with Crippen molar-refractivity contribution < 1.29 is 9.84 Å². The Bertz CT molecular complexity index is 418. The van der Waals surface area contributed by atoms with Crippen molar-refractivity contribution in [3.8, 4) is 0 Å². The molecule has 2 rings (SSSR count). The Kier molecular flexibility index (Phi) is 8.66. The van der Waals surface area contributed by atoms with Crippen molar-refractivity contribution in [3.05, 3.63) is 35.4 Å². The Morgan fingerprint density at radius 2 is 1.74 bits per heavy atom.